The van der Waals surface area contributed by atoms with Gasteiger partial charge in [0.1, 0.15) is 0 Å². The summed E-state index contributed by atoms with van der Waals surface area (Å²) in [4.78, 5) is 11.3. The van der Waals surface area contributed by atoms with Crippen LogP contribution in [0.4, 0.5) is 0 Å². The summed E-state index contributed by atoms with van der Waals surface area (Å²) < 4.78 is 10.3. The van der Waals surface area contributed by atoms with Gasteiger partial charge in [0.2, 0.25) is 0 Å². The summed E-state index contributed by atoms with van der Waals surface area (Å²) in [6.45, 7) is 5.58. The third kappa shape index (κ3) is 3.26. The number of carbonyl (C=O) groups is 1. The molecule has 1 unspecified atom stereocenters. The van der Waals surface area contributed by atoms with Crippen LogP contribution in [0.3, 0.4) is 0 Å². The van der Waals surface area contributed by atoms with E-state index in [0.717, 1.165) is 5.57 Å². The Hall–Kier alpha value is -1.97. The fraction of sp³-hybridized carbons (Fsp3) is 0.357. The molecule has 98 valence electrons. The molecule has 0 heterocycles. The maximum atomic E-state index is 11.3. The van der Waals surface area contributed by atoms with Gasteiger partial charge in [0.25, 0.3) is 0 Å². The first-order valence-electron chi connectivity index (χ1n) is 5.58. The molecule has 0 aliphatic carbocycles. The zero-order valence-corrected chi connectivity index (χ0v) is 10.9. The van der Waals surface area contributed by atoms with Crippen LogP contribution < -0.4 is 9.47 Å². The van der Waals surface area contributed by atoms with Crippen LogP contribution in [0.2, 0.25) is 0 Å². The van der Waals surface area contributed by atoms with Gasteiger partial charge in [0, 0.05) is 0 Å². The molecule has 4 nitrogen and oxygen atoms in total. The lowest BCUT2D eigenvalue weighted by molar-refractivity contribution is -0.138. The summed E-state index contributed by atoms with van der Waals surface area (Å²) in [5.74, 6) is -0.365. The van der Waals surface area contributed by atoms with Gasteiger partial charge in [-0.15, -0.1) is 6.58 Å². The Morgan fingerprint density at radius 2 is 1.94 bits per heavy atom. The number of hydrogen-bond acceptors (Lipinski definition) is 3. The summed E-state index contributed by atoms with van der Waals surface area (Å²) in [6.07, 6.45) is 0.408. The van der Waals surface area contributed by atoms with E-state index in [4.69, 9.17) is 9.47 Å². The Bertz CT molecular complexity index is 451. The molecule has 0 saturated carbocycles. The van der Waals surface area contributed by atoms with Crippen molar-refractivity contribution in [2.45, 2.75) is 19.3 Å². The van der Waals surface area contributed by atoms with E-state index in [0.29, 0.717) is 23.5 Å². The molecule has 1 aromatic carbocycles. The first kappa shape index (κ1) is 14.1. The second-order valence-corrected chi connectivity index (χ2v) is 4.17. The lowest BCUT2D eigenvalue weighted by Gasteiger charge is -2.15. The minimum atomic E-state index is -0.870. The van der Waals surface area contributed by atoms with Gasteiger partial charge in [-0.3, -0.25) is 4.79 Å². The molecule has 1 rings (SSSR count). The molecule has 1 aromatic rings. The first-order chi connectivity index (χ1) is 8.49. The van der Waals surface area contributed by atoms with Gasteiger partial charge in [-0.1, -0.05) is 11.6 Å². The molecule has 0 amide bonds. The van der Waals surface area contributed by atoms with Gasteiger partial charge in [0.15, 0.2) is 11.5 Å². The molecule has 1 N–H and O–H groups in total. The van der Waals surface area contributed by atoms with E-state index >= 15 is 0 Å². The molecule has 0 bridgehead atoms. The lowest BCUT2D eigenvalue weighted by Crippen LogP contribution is -2.12. The van der Waals surface area contributed by atoms with E-state index in [-0.39, 0.29) is 0 Å². The Labute approximate surface area is 107 Å². The van der Waals surface area contributed by atoms with Crippen molar-refractivity contribution in [1.29, 1.82) is 0 Å². The fourth-order valence-electron chi connectivity index (χ4n) is 1.77. The molecule has 0 saturated heterocycles. The number of rotatable bonds is 6. The number of methoxy groups -OCH3 is 2. The minimum Gasteiger partial charge on any atom is -0.493 e. The number of allylic oxidation sites excluding steroid dienone is 1. The number of ether oxygens (including phenoxy) is 2. The van der Waals surface area contributed by atoms with Crippen LogP contribution in [0.5, 0.6) is 11.5 Å². The highest BCUT2D eigenvalue weighted by molar-refractivity contribution is 5.77. The van der Waals surface area contributed by atoms with Crippen molar-refractivity contribution in [3.05, 3.63) is 35.9 Å². The Morgan fingerprint density at radius 3 is 2.39 bits per heavy atom. The zero-order valence-electron chi connectivity index (χ0n) is 10.9. The summed E-state index contributed by atoms with van der Waals surface area (Å²) in [6, 6.07) is 5.15. The molecule has 18 heavy (non-hydrogen) atoms. The smallest absolute Gasteiger partial charge is 0.311 e. The van der Waals surface area contributed by atoms with E-state index in [1.54, 1.807) is 25.3 Å². The average molecular weight is 250 g/mol. The van der Waals surface area contributed by atoms with Crippen molar-refractivity contribution in [1.82, 2.24) is 0 Å². The summed E-state index contributed by atoms with van der Waals surface area (Å²) >= 11 is 0. The highest BCUT2D eigenvalue weighted by atomic mass is 16.5. The van der Waals surface area contributed by atoms with Gasteiger partial charge < -0.3 is 14.6 Å². The molecular weight excluding hydrogens is 232 g/mol. The number of carboxylic acid groups (broad SMARTS) is 1. The van der Waals surface area contributed by atoms with E-state index in [2.05, 4.69) is 6.58 Å². The van der Waals surface area contributed by atoms with Gasteiger partial charge >= 0.3 is 5.97 Å². The van der Waals surface area contributed by atoms with Crippen molar-refractivity contribution in [2.75, 3.05) is 14.2 Å². The molecule has 0 fully saturated rings. The lowest BCUT2D eigenvalue weighted by atomic mass is 9.92. The van der Waals surface area contributed by atoms with Crippen LogP contribution in [-0.2, 0) is 4.79 Å². The van der Waals surface area contributed by atoms with Crippen molar-refractivity contribution >= 4 is 5.97 Å². The summed E-state index contributed by atoms with van der Waals surface area (Å²) in [5.41, 5.74) is 1.51. The normalized spacial score (nSPS) is 11.7. The maximum absolute atomic E-state index is 11.3. The summed E-state index contributed by atoms with van der Waals surface area (Å²) in [7, 11) is 3.07. The van der Waals surface area contributed by atoms with Crippen LogP contribution in [0.15, 0.2) is 30.4 Å². The molecular formula is C14H18O4. The number of hydrogen-bond donors (Lipinski definition) is 1. The van der Waals surface area contributed by atoms with Crippen LogP contribution in [0, 0.1) is 0 Å². The predicted molar refractivity (Wildman–Crippen MR) is 69.4 cm³/mol. The van der Waals surface area contributed by atoms with Crippen LogP contribution in [0.25, 0.3) is 0 Å². The largest absolute Gasteiger partial charge is 0.493 e. The van der Waals surface area contributed by atoms with E-state index < -0.39 is 11.9 Å². The third-order valence-corrected chi connectivity index (χ3v) is 2.66. The number of aliphatic carboxylic acids is 1. The topological polar surface area (TPSA) is 55.8 Å². The van der Waals surface area contributed by atoms with Gasteiger partial charge in [-0.2, -0.15) is 0 Å². The van der Waals surface area contributed by atoms with Crippen LogP contribution >= 0.6 is 0 Å². The fourth-order valence-corrected chi connectivity index (χ4v) is 1.77. The summed E-state index contributed by atoms with van der Waals surface area (Å²) in [5, 5.41) is 9.25. The second-order valence-electron chi connectivity index (χ2n) is 4.17. The highest BCUT2D eigenvalue weighted by Crippen LogP contribution is 2.32. The number of carboxylic acids is 1. The minimum absolute atomic E-state index is 0.408. The molecule has 1 atom stereocenters. The standard InChI is InChI=1S/C14H18O4/c1-9(2)7-11(14(15)16)10-5-6-12(17-3)13(8-10)18-4/h5-6,8,11H,1,7H2,2-4H3,(H,15,16). The monoisotopic (exact) mass is 250 g/mol. The highest BCUT2D eigenvalue weighted by Gasteiger charge is 2.21. The Kier molecular flexibility index (Phi) is 4.77. The zero-order chi connectivity index (χ0) is 13.7. The van der Waals surface area contributed by atoms with Gasteiger partial charge in [-0.05, 0) is 31.0 Å². The third-order valence-electron chi connectivity index (χ3n) is 2.66. The van der Waals surface area contributed by atoms with Crippen molar-refractivity contribution in [2.24, 2.45) is 0 Å². The first-order valence-corrected chi connectivity index (χ1v) is 5.58. The quantitative estimate of drug-likeness (QED) is 0.789. The van der Waals surface area contributed by atoms with E-state index in [9.17, 15) is 9.90 Å². The molecule has 0 aliphatic rings. The molecule has 0 aromatic heterocycles. The van der Waals surface area contributed by atoms with Crippen molar-refractivity contribution in [3.8, 4) is 11.5 Å². The van der Waals surface area contributed by atoms with E-state index in [1.807, 2.05) is 6.92 Å². The average Bonchev–Trinajstić information content (AvgIpc) is 2.34. The molecule has 0 aliphatic heterocycles. The predicted octanol–water partition coefficient (Wildman–Crippen LogP) is 2.84. The molecule has 4 heteroatoms. The second kappa shape index (κ2) is 6.10. The van der Waals surface area contributed by atoms with Crippen molar-refractivity contribution < 1.29 is 19.4 Å². The van der Waals surface area contributed by atoms with Crippen LogP contribution in [0.1, 0.15) is 24.8 Å². The Morgan fingerprint density at radius 1 is 1.33 bits per heavy atom. The SMILES string of the molecule is C=C(C)CC(C(=O)O)c1ccc(OC)c(OC)c1. The van der Waals surface area contributed by atoms with E-state index in [1.165, 1.54) is 7.11 Å². The maximum Gasteiger partial charge on any atom is 0.311 e. The molecule has 0 spiro atoms. The van der Waals surface area contributed by atoms with Gasteiger partial charge in [-0.25, -0.2) is 0 Å². The Balaban J connectivity index is 3.13. The molecule has 0 radical (unpaired) electrons. The van der Waals surface area contributed by atoms with Crippen molar-refractivity contribution in [3.63, 3.8) is 0 Å². The van der Waals surface area contributed by atoms with Crippen LogP contribution in [-0.4, -0.2) is 25.3 Å². The van der Waals surface area contributed by atoms with Gasteiger partial charge in [0.05, 0.1) is 20.1 Å². The number of benzene rings is 1.